The second-order valence-corrected chi connectivity index (χ2v) is 10.1. The second-order valence-electron chi connectivity index (χ2n) is 7.31. The van der Waals surface area contributed by atoms with Crippen molar-refractivity contribution in [1.29, 1.82) is 0 Å². The first-order valence-electron chi connectivity index (χ1n) is 7.34. The highest BCUT2D eigenvalue weighted by atomic mass is 32.2. The van der Waals surface area contributed by atoms with Gasteiger partial charge in [-0.25, -0.2) is 18.4 Å². The number of hydrogen-bond acceptors (Lipinski definition) is 5. The van der Waals surface area contributed by atoms with Gasteiger partial charge in [-0.2, -0.15) is 0 Å². The van der Waals surface area contributed by atoms with Crippen LogP contribution in [0.4, 0.5) is 5.95 Å². The van der Waals surface area contributed by atoms with Crippen molar-refractivity contribution in [3.05, 3.63) is 18.0 Å². The molecule has 0 atom stereocenters. The first kappa shape index (κ1) is 16.2. The molecule has 5 nitrogen and oxygen atoms in total. The molecular formula is C15H25N3O2S. The fourth-order valence-corrected chi connectivity index (χ4v) is 3.71. The monoisotopic (exact) mass is 311 g/mol. The zero-order chi connectivity index (χ0) is 15.9. The van der Waals surface area contributed by atoms with Gasteiger partial charge in [-0.05, 0) is 26.3 Å². The summed E-state index contributed by atoms with van der Waals surface area (Å²) in [6.07, 6.45) is 2.35. The Morgan fingerprint density at radius 3 is 2.52 bits per heavy atom. The lowest BCUT2D eigenvalue weighted by atomic mass is 9.92. The Morgan fingerprint density at radius 2 is 1.90 bits per heavy atom. The van der Waals surface area contributed by atoms with E-state index in [1.54, 1.807) is 20.0 Å². The SMILES string of the molecule is CC(C)(C)c1ccnc(N2CCC(C)(C)S(=O)(=O)CC2)n1. The molecule has 1 aliphatic rings. The van der Waals surface area contributed by atoms with Gasteiger partial charge >= 0.3 is 0 Å². The summed E-state index contributed by atoms with van der Waals surface area (Å²) >= 11 is 0. The minimum Gasteiger partial charge on any atom is -0.340 e. The van der Waals surface area contributed by atoms with Crippen LogP contribution in [0.25, 0.3) is 0 Å². The Labute approximate surface area is 127 Å². The van der Waals surface area contributed by atoms with E-state index in [9.17, 15) is 8.42 Å². The lowest BCUT2D eigenvalue weighted by Gasteiger charge is -2.24. The summed E-state index contributed by atoms with van der Waals surface area (Å²) in [5, 5.41) is 0. The highest BCUT2D eigenvalue weighted by Crippen LogP contribution is 2.27. The minimum atomic E-state index is -3.07. The number of nitrogens with zero attached hydrogens (tertiary/aromatic N) is 3. The molecule has 0 amide bonds. The maximum atomic E-state index is 12.3. The molecule has 118 valence electrons. The molecule has 0 aromatic carbocycles. The van der Waals surface area contributed by atoms with Crippen LogP contribution in [0.3, 0.4) is 0 Å². The van der Waals surface area contributed by atoms with E-state index in [1.807, 2.05) is 11.0 Å². The van der Waals surface area contributed by atoms with Crippen molar-refractivity contribution in [3.63, 3.8) is 0 Å². The smallest absolute Gasteiger partial charge is 0.225 e. The topological polar surface area (TPSA) is 63.2 Å². The first-order valence-corrected chi connectivity index (χ1v) is 8.99. The molecule has 0 aliphatic carbocycles. The van der Waals surface area contributed by atoms with E-state index >= 15 is 0 Å². The molecule has 2 rings (SSSR count). The highest BCUT2D eigenvalue weighted by Gasteiger charge is 2.37. The summed E-state index contributed by atoms with van der Waals surface area (Å²) in [6, 6.07) is 1.92. The number of rotatable bonds is 1. The zero-order valence-corrected chi connectivity index (χ0v) is 14.4. The van der Waals surface area contributed by atoms with Crippen molar-refractivity contribution in [2.24, 2.45) is 0 Å². The van der Waals surface area contributed by atoms with Crippen molar-refractivity contribution in [2.45, 2.75) is 51.2 Å². The van der Waals surface area contributed by atoms with E-state index in [4.69, 9.17) is 0 Å². The van der Waals surface area contributed by atoms with Crippen LogP contribution in [0.1, 0.15) is 46.7 Å². The summed E-state index contributed by atoms with van der Waals surface area (Å²) in [5.74, 6) is 0.790. The fourth-order valence-electron chi connectivity index (χ4n) is 2.30. The molecule has 0 unspecified atom stereocenters. The predicted molar refractivity (Wildman–Crippen MR) is 85.4 cm³/mol. The van der Waals surface area contributed by atoms with Gasteiger partial charge in [0.25, 0.3) is 0 Å². The first-order chi connectivity index (χ1) is 9.53. The second kappa shape index (κ2) is 5.23. The van der Waals surface area contributed by atoms with E-state index in [-0.39, 0.29) is 11.2 Å². The average Bonchev–Trinajstić information content (AvgIpc) is 2.47. The highest BCUT2D eigenvalue weighted by molar-refractivity contribution is 7.92. The summed E-state index contributed by atoms with van der Waals surface area (Å²) in [4.78, 5) is 10.9. The van der Waals surface area contributed by atoms with Gasteiger partial charge in [-0.15, -0.1) is 0 Å². The number of sulfone groups is 1. The minimum absolute atomic E-state index is 0.0467. The summed E-state index contributed by atoms with van der Waals surface area (Å²) < 4.78 is 23.8. The maximum Gasteiger partial charge on any atom is 0.225 e. The Balaban J connectivity index is 2.28. The quantitative estimate of drug-likeness (QED) is 0.795. The van der Waals surface area contributed by atoms with Crippen molar-refractivity contribution >= 4 is 15.8 Å². The van der Waals surface area contributed by atoms with Crippen LogP contribution in [-0.2, 0) is 15.3 Å². The van der Waals surface area contributed by atoms with Gasteiger partial charge in [-0.1, -0.05) is 20.8 Å². The third kappa shape index (κ3) is 3.36. The third-order valence-electron chi connectivity index (χ3n) is 4.15. The molecule has 1 aromatic heterocycles. The Morgan fingerprint density at radius 1 is 1.24 bits per heavy atom. The fraction of sp³-hybridized carbons (Fsp3) is 0.733. The third-order valence-corrected chi connectivity index (χ3v) is 6.76. The molecule has 0 radical (unpaired) electrons. The molecule has 1 aliphatic heterocycles. The number of anilines is 1. The van der Waals surface area contributed by atoms with Crippen LogP contribution in [0.2, 0.25) is 0 Å². The van der Waals surface area contributed by atoms with E-state index in [0.717, 1.165) is 5.69 Å². The van der Waals surface area contributed by atoms with Crippen LogP contribution < -0.4 is 4.90 Å². The van der Waals surface area contributed by atoms with Crippen molar-refractivity contribution in [3.8, 4) is 0 Å². The van der Waals surface area contributed by atoms with Crippen LogP contribution in [0.15, 0.2) is 12.3 Å². The van der Waals surface area contributed by atoms with Gasteiger partial charge < -0.3 is 4.90 Å². The normalized spacial score (nSPS) is 21.9. The van der Waals surface area contributed by atoms with Gasteiger partial charge in [-0.3, -0.25) is 0 Å². The van der Waals surface area contributed by atoms with E-state index in [0.29, 0.717) is 25.5 Å². The van der Waals surface area contributed by atoms with Gasteiger partial charge in [0, 0.05) is 24.7 Å². The summed E-state index contributed by atoms with van der Waals surface area (Å²) in [6.45, 7) is 11.1. The van der Waals surface area contributed by atoms with Gasteiger partial charge in [0.2, 0.25) is 5.95 Å². The summed E-state index contributed by atoms with van der Waals surface area (Å²) in [5.41, 5.74) is 0.924. The molecule has 0 spiro atoms. The maximum absolute atomic E-state index is 12.3. The van der Waals surface area contributed by atoms with Crippen molar-refractivity contribution in [1.82, 2.24) is 9.97 Å². The molecule has 1 aromatic rings. The van der Waals surface area contributed by atoms with E-state index in [2.05, 4.69) is 30.7 Å². The van der Waals surface area contributed by atoms with Gasteiger partial charge in [0.05, 0.1) is 16.2 Å². The molecule has 0 N–H and O–H groups in total. The molecule has 6 heteroatoms. The molecule has 21 heavy (non-hydrogen) atoms. The molecule has 0 bridgehead atoms. The predicted octanol–water partition coefficient (Wildman–Crippen LogP) is 2.18. The Bertz CT molecular complexity index is 618. The molecule has 2 heterocycles. The Kier molecular flexibility index (Phi) is 4.04. The van der Waals surface area contributed by atoms with Gasteiger partial charge in [0.1, 0.15) is 0 Å². The van der Waals surface area contributed by atoms with Crippen molar-refractivity contribution < 1.29 is 8.42 Å². The molecule has 1 saturated heterocycles. The Hall–Kier alpha value is -1.17. The number of hydrogen-bond donors (Lipinski definition) is 0. The van der Waals surface area contributed by atoms with Gasteiger partial charge in [0.15, 0.2) is 9.84 Å². The van der Waals surface area contributed by atoms with Crippen molar-refractivity contribution in [2.75, 3.05) is 23.7 Å². The summed E-state index contributed by atoms with van der Waals surface area (Å²) in [7, 11) is -3.07. The largest absolute Gasteiger partial charge is 0.340 e. The van der Waals surface area contributed by atoms with E-state index in [1.165, 1.54) is 0 Å². The number of aromatic nitrogens is 2. The van der Waals surface area contributed by atoms with Crippen LogP contribution in [0.5, 0.6) is 0 Å². The van der Waals surface area contributed by atoms with Crippen LogP contribution in [0, 0.1) is 0 Å². The van der Waals surface area contributed by atoms with E-state index < -0.39 is 14.6 Å². The standard InChI is InChI=1S/C15H25N3O2S/c1-14(2,3)12-6-8-16-13(17-12)18-9-7-15(4,5)21(19,20)11-10-18/h6,8H,7,9-11H2,1-5H3. The van der Waals surface area contributed by atoms with Crippen LogP contribution in [-0.4, -0.2) is 42.0 Å². The molecular weight excluding hydrogens is 286 g/mol. The molecule has 1 fully saturated rings. The lowest BCUT2D eigenvalue weighted by Crippen LogP contribution is -2.33. The zero-order valence-electron chi connectivity index (χ0n) is 13.5. The molecule has 0 saturated carbocycles. The average molecular weight is 311 g/mol. The lowest BCUT2D eigenvalue weighted by molar-refractivity contribution is 0.537. The van der Waals surface area contributed by atoms with Crippen LogP contribution >= 0.6 is 0 Å².